The molecule has 1 atom stereocenters. The normalized spacial score (nSPS) is 12.3. The number of benzene rings is 2. The first-order valence-corrected chi connectivity index (χ1v) is 9.32. The van der Waals surface area contributed by atoms with Gasteiger partial charge in [0, 0.05) is 15.6 Å². The number of thioether (sulfide) groups is 1. The van der Waals surface area contributed by atoms with Gasteiger partial charge in [0.1, 0.15) is 23.2 Å². The summed E-state index contributed by atoms with van der Waals surface area (Å²) in [6, 6.07) is 15.5. The Morgan fingerprint density at radius 2 is 2.00 bits per heavy atom. The van der Waals surface area contributed by atoms with Gasteiger partial charge >= 0.3 is 0 Å². The van der Waals surface area contributed by atoms with Gasteiger partial charge in [-0.25, -0.2) is 9.97 Å². The number of ether oxygens (including phenoxy) is 1. The van der Waals surface area contributed by atoms with Crippen molar-refractivity contribution in [1.29, 1.82) is 0 Å². The first-order chi connectivity index (χ1) is 11.6. The zero-order valence-electron chi connectivity index (χ0n) is 13.1. The Kier molecular flexibility index (Phi) is 5.71. The maximum absolute atomic E-state index is 10.2. The number of fused-ring (bicyclic) bond motifs is 1. The van der Waals surface area contributed by atoms with Gasteiger partial charge in [0.15, 0.2) is 0 Å². The highest BCUT2D eigenvalue weighted by atomic mass is 79.9. The maximum atomic E-state index is 10.2. The molecule has 1 N–H and O–H groups in total. The summed E-state index contributed by atoms with van der Waals surface area (Å²) in [5.41, 5.74) is 0.923. The maximum Gasteiger partial charge on any atom is 0.127 e. The van der Waals surface area contributed by atoms with Crippen LogP contribution in [0.5, 0.6) is 5.75 Å². The average Bonchev–Trinajstić information content (AvgIpc) is 2.57. The molecule has 24 heavy (non-hydrogen) atoms. The van der Waals surface area contributed by atoms with Crippen LogP contribution in [0.2, 0.25) is 0 Å². The van der Waals surface area contributed by atoms with Crippen molar-refractivity contribution in [3.8, 4) is 5.75 Å². The lowest BCUT2D eigenvalue weighted by Gasteiger charge is -2.13. The number of aromatic nitrogens is 2. The van der Waals surface area contributed by atoms with Gasteiger partial charge < -0.3 is 9.84 Å². The van der Waals surface area contributed by atoms with E-state index in [1.165, 1.54) is 11.8 Å². The van der Waals surface area contributed by atoms with Crippen molar-refractivity contribution in [2.45, 2.75) is 18.1 Å². The number of para-hydroxylation sites is 1. The van der Waals surface area contributed by atoms with Gasteiger partial charge in [-0.3, -0.25) is 0 Å². The fraction of sp³-hybridized carbons (Fsp3) is 0.222. The average molecular weight is 405 g/mol. The van der Waals surface area contributed by atoms with Gasteiger partial charge in [0.2, 0.25) is 0 Å². The molecular formula is C18H17BrN2O2S. The van der Waals surface area contributed by atoms with Gasteiger partial charge in [0.25, 0.3) is 0 Å². The molecule has 2 aromatic carbocycles. The molecule has 0 aliphatic heterocycles. The molecule has 0 aliphatic rings. The lowest BCUT2D eigenvalue weighted by atomic mass is 10.2. The van der Waals surface area contributed by atoms with E-state index in [1.54, 1.807) is 0 Å². The molecule has 1 aromatic heterocycles. The lowest BCUT2D eigenvalue weighted by Crippen LogP contribution is -2.20. The Labute approximate surface area is 153 Å². The lowest BCUT2D eigenvalue weighted by molar-refractivity contribution is 0.126. The Hall–Kier alpha value is -1.63. The molecule has 0 bridgehead atoms. The van der Waals surface area contributed by atoms with E-state index in [1.807, 2.05) is 55.5 Å². The minimum atomic E-state index is -0.581. The molecule has 0 aliphatic carbocycles. The van der Waals surface area contributed by atoms with Crippen molar-refractivity contribution < 1.29 is 9.84 Å². The van der Waals surface area contributed by atoms with Crippen LogP contribution in [0.15, 0.2) is 58.0 Å². The largest absolute Gasteiger partial charge is 0.491 e. The summed E-state index contributed by atoms with van der Waals surface area (Å²) < 4.78 is 6.57. The van der Waals surface area contributed by atoms with E-state index in [0.29, 0.717) is 5.75 Å². The molecule has 124 valence electrons. The summed E-state index contributed by atoms with van der Waals surface area (Å²) >= 11 is 4.92. The number of nitrogens with zero attached hydrogens (tertiary/aromatic N) is 2. The van der Waals surface area contributed by atoms with Crippen LogP contribution < -0.4 is 4.74 Å². The summed E-state index contributed by atoms with van der Waals surface area (Å²) in [4.78, 5) is 8.93. The van der Waals surface area contributed by atoms with Crippen molar-refractivity contribution in [3.63, 3.8) is 0 Å². The third-order valence-corrected chi connectivity index (χ3v) is 4.96. The first kappa shape index (κ1) is 17.2. The van der Waals surface area contributed by atoms with E-state index in [0.717, 1.165) is 32.0 Å². The van der Waals surface area contributed by atoms with E-state index >= 15 is 0 Å². The van der Waals surface area contributed by atoms with Gasteiger partial charge in [0.05, 0.1) is 11.6 Å². The van der Waals surface area contributed by atoms with Gasteiger partial charge in [-0.2, -0.15) is 0 Å². The van der Waals surface area contributed by atoms with E-state index in [4.69, 9.17) is 4.74 Å². The Morgan fingerprint density at radius 3 is 2.83 bits per heavy atom. The second-order valence-corrected chi connectivity index (χ2v) is 7.25. The van der Waals surface area contributed by atoms with Crippen LogP contribution in [0.25, 0.3) is 10.9 Å². The number of rotatable bonds is 6. The molecular weight excluding hydrogens is 388 g/mol. The fourth-order valence-electron chi connectivity index (χ4n) is 2.24. The highest BCUT2D eigenvalue weighted by Gasteiger charge is 2.11. The summed E-state index contributed by atoms with van der Waals surface area (Å²) in [7, 11) is 0. The Morgan fingerprint density at radius 1 is 1.17 bits per heavy atom. The molecule has 0 fully saturated rings. The standard InChI is InChI=1S/C18H17BrN2O2S/c1-12-20-17-8-3-2-7-16(17)18(21-12)24-11-14(22)10-23-15-6-4-5-13(19)9-15/h2-9,14,22H,10-11H2,1H3/t14-/m1/s1. The molecule has 0 unspecified atom stereocenters. The second kappa shape index (κ2) is 7.96. The molecule has 0 saturated carbocycles. The smallest absolute Gasteiger partial charge is 0.127 e. The monoisotopic (exact) mass is 404 g/mol. The van der Waals surface area contributed by atoms with Crippen LogP contribution in [0.4, 0.5) is 0 Å². The van der Waals surface area contributed by atoms with Crippen LogP contribution >= 0.6 is 27.7 Å². The van der Waals surface area contributed by atoms with Crippen LogP contribution in [0.1, 0.15) is 5.82 Å². The minimum Gasteiger partial charge on any atom is -0.491 e. The number of aliphatic hydroxyl groups excluding tert-OH is 1. The molecule has 0 radical (unpaired) electrons. The van der Waals surface area contributed by atoms with Crippen LogP contribution in [-0.2, 0) is 0 Å². The number of hydrogen-bond donors (Lipinski definition) is 1. The second-order valence-electron chi connectivity index (χ2n) is 5.33. The third kappa shape index (κ3) is 4.47. The van der Waals surface area contributed by atoms with E-state index in [9.17, 15) is 5.11 Å². The van der Waals surface area contributed by atoms with E-state index < -0.39 is 6.10 Å². The number of halogens is 1. The summed E-state index contributed by atoms with van der Waals surface area (Å²) in [6.45, 7) is 2.12. The van der Waals surface area contributed by atoms with Crippen molar-refractivity contribution in [2.75, 3.05) is 12.4 Å². The third-order valence-electron chi connectivity index (χ3n) is 3.33. The topological polar surface area (TPSA) is 55.2 Å². The molecule has 0 amide bonds. The molecule has 4 nitrogen and oxygen atoms in total. The number of hydrogen-bond acceptors (Lipinski definition) is 5. The fourth-order valence-corrected chi connectivity index (χ4v) is 3.59. The van der Waals surface area contributed by atoms with Gasteiger partial charge in [-0.15, -0.1) is 11.8 Å². The quantitative estimate of drug-likeness (QED) is 0.491. The predicted molar refractivity (Wildman–Crippen MR) is 101 cm³/mol. The molecule has 0 saturated heterocycles. The van der Waals surface area contributed by atoms with Crippen LogP contribution in [-0.4, -0.2) is 33.5 Å². The highest BCUT2D eigenvalue weighted by Crippen LogP contribution is 2.26. The Balaban J connectivity index is 1.61. The molecule has 6 heteroatoms. The highest BCUT2D eigenvalue weighted by molar-refractivity contribution is 9.10. The zero-order valence-corrected chi connectivity index (χ0v) is 15.5. The van der Waals surface area contributed by atoms with Crippen molar-refractivity contribution in [1.82, 2.24) is 9.97 Å². The van der Waals surface area contributed by atoms with Crippen molar-refractivity contribution in [3.05, 3.63) is 58.8 Å². The number of aliphatic hydroxyl groups is 1. The van der Waals surface area contributed by atoms with Gasteiger partial charge in [-0.05, 0) is 31.2 Å². The molecule has 0 spiro atoms. The Bertz CT molecular complexity index is 844. The number of aryl methyl sites for hydroxylation is 1. The summed E-state index contributed by atoms with van der Waals surface area (Å²) in [5.74, 6) is 1.97. The van der Waals surface area contributed by atoms with Crippen LogP contribution in [0.3, 0.4) is 0 Å². The SMILES string of the molecule is Cc1nc(SC[C@H](O)COc2cccc(Br)c2)c2ccccc2n1. The molecule has 1 heterocycles. The molecule has 3 aromatic rings. The summed E-state index contributed by atoms with van der Waals surface area (Å²) in [6.07, 6.45) is -0.581. The van der Waals surface area contributed by atoms with Crippen molar-refractivity contribution >= 4 is 38.6 Å². The zero-order chi connectivity index (χ0) is 16.9. The minimum absolute atomic E-state index is 0.242. The summed E-state index contributed by atoms with van der Waals surface area (Å²) in [5, 5.41) is 12.1. The van der Waals surface area contributed by atoms with Crippen LogP contribution in [0, 0.1) is 6.92 Å². The van der Waals surface area contributed by atoms with E-state index in [2.05, 4.69) is 25.9 Å². The first-order valence-electron chi connectivity index (χ1n) is 7.54. The molecule has 3 rings (SSSR count). The predicted octanol–water partition coefficient (Wildman–Crippen LogP) is 4.23. The van der Waals surface area contributed by atoms with E-state index in [-0.39, 0.29) is 6.61 Å². The van der Waals surface area contributed by atoms with Crippen molar-refractivity contribution in [2.24, 2.45) is 0 Å². The van der Waals surface area contributed by atoms with Gasteiger partial charge in [-0.1, -0.05) is 40.2 Å².